The van der Waals surface area contributed by atoms with E-state index in [1.54, 1.807) is 31.2 Å². The van der Waals surface area contributed by atoms with Gasteiger partial charge in [0.25, 0.3) is 11.8 Å². The molecule has 13 heteroatoms. The van der Waals surface area contributed by atoms with Crippen molar-refractivity contribution in [1.82, 2.24) is 9.69 Å². The number of primary amides is 1. The monoisotopic (exact) mass is 542 g/mol. The fraction of sp³-hybridized carbons (Fsp3) is 0.240. The van der Waals surface area contributed by atoms with Crippen LogP contribution in [0.3, 0.4) is 0 Å². The molecule has 0 aliphatic carbocycles. The molecule has 1 heterocycles. The molecule has 11 nitrogen and oxygen atoms in total. The van der Waals surface area contributed by atoms with Crippen molar-refractivity contribution in [2.75, 3.05) is 42.8 Å². The molecule has 1 atom stereocenters. The van der Waals surface area contributed by atoms with E-state index in [9.17, 15) is 23.6 Å². The average Bonchev–Trinajstić information content (AvgIpc) is 3.28. The molecule has 0 aliphatic rings. The molecule has 0 aliphatic heterocycles. The van der Waals surface area contributed by atoms with E-state index in [1.807, 2.05) is 19.0 Å². The molecule has 0 unspecified atom stereocenters. The first kappa shape index (κ1) is 28.1. The van der Waals surface area contributed by atoms with Crippen LogP contribution in [0.5, 0.6) is 0 Å². The molecule has 1 aromatic heterocycles. The van der Waals surface area contributed by atoms with E-state index >= 15 is 0 Å². The highest BCUT2D eigenvalue weighted by Crippen LogP contribution is 2.33. The largest absolute Gasteiger partial charge is 0.465 e. The maximum atomic E-state index is 13.9. The number of carbonyl (C=O) groups is 4. The van der Waals surface area contributed by atoms with E-state index in [-0.39, 0.29) is 28.6 Å². The lowest BCUT2D eigenvalue weighted by atomic mass is 10.0. The Kier molecular flexibility index (Phi) is 8.97. The van der Waals surface area contributed by atoms with Crippen molar-refractivity contribution in [2.45, 2.75) is 13.0 Å². The molecule has 0 fully saturated rings. The number of benzene rings is 2. The number of halogens is 1. The van der Waals surface area contributed by atoms with E-state index < -0.39 is 42.1 Å². The van der Waals surface area contributed by atoms with Crippen LogP contribution in [0.25, 0.3) is 0 Å². The second-order valence-corrected chi connectivity index (χ2v) is 8.97. The smallest absolute Gasteiger partial charge is 0.325 e. The van der Waals surface area contributed by atoms with Crippen LogP contribution in [0.15, 0.2) is 48.5 Å². The number of ether oxygens (including phenoxy) is 1. The molecule has 3 aromatic rings. The number of hydrogen-bond acceptors (Lipinski definition) is 9. The second kappa shape index (κ2) is 12.1. The van der Waals surface area contributed by atoms with Gasteiger partial charge in [-0.25, -0.2) is 4.39 Å². The van der Waals surface area contributed by atoms with Crippen molar-refractivity contribution in [3.63, 3.8) is 0 Å². The topological polar surface area (TPSA) is 161 Å². The Hall–Kier alpha value is -4.52. The molecule has 2 aromatic carbocycles. The first-order chi connectivity index (χ1) is 18.0. The van der Waals surface area contributed by atoms with Gasteiger partial charge in [0.1, 0.15) is 23.3 Å². The normalized spacial score (nSPS) is 11.4. The Balaban J connectivity index is 2.16. The molecule has 0 saturated heterocycles. The predicted octanol–water partition coefficient (Wildman–Crippen LogP) is 2.10. The van der Waals surface area contributed by atoms with Gasteiger partial charge in [0.05, 0.1) is 12.3 Å². The summed E-state index contributed by atoms with van der Waals surface area (Å²) in [6.45, 7) is 1.31. The van der Waals surface area contributed by atoms with Crippen LogP contribution in [-0.4, -0.2) is 55.3 Å². The maximum absolute atomic E-state index is 13.9. The number of nitrogen functional groups attached to an aromatic ring is 1. The number of amides is 3. The summed E-state index contributed by atoms with van der Waals surface area (Å²) in [6, 6.07) is 10.4. The highest BCUT2D eigenvalue weighted by Gasteiger charge is 2.36. The second-order valence-electron chi connectivity index (χ2n) is 8.20. The van der Waals surface area contributed by atoms with Crippen molar-refractivity contribution >= 4 is 52.3 Å². The van der Waals surface area contributed by atoms with Gasteiger partial charge >= 0.3 is 5.97 Å². The molecule has 200 valence electrons. The van der Waals surface area contributed by atoms with Gasteiger partial charge in [-0.15, -0.1) is 0 Å². The van der Waals surface area contributed by atoms with E-state index in [0.717, 1.165) is 22.7 Å². The van der Waals surface area contributed by atoms with Gasteiger partial charge in [0, 0.05) is 25.5 Å². The molecule has 5 N–H and O–H groups in total. The zero-order valence-electron chi connectivity index (χ0n) is 20.9. The molecule has 0 saturated carbocycles. The van der Waals surface area contributed by atoms with Crippen LogP contribution >= 0.6 is 11.5 Å². The Morgan fingerprint density at radius 3 is 2.18 bits per heavy atom. The van der Waals surface area contributed by atoms with Gasteiger partial charge in [-0.05, 0) is 60.4 Å². The molecule has 3 amide bonds. The van der Waals surface area contributed by atoms with Crippen molar-refractivity contribution < 1.29 is 28.3 Å². The number of anilines is 3. The van der Waals surface area contributed by atoms with Gasteiger partial charge < -0.3 is 26.4 Å². The fourth-order valence-corrected chi connectivity index (χ4v) is 4.31. The van der Waals surface area contributed by atoms with Crippen LogP contribution in [-0.2, 0) is 14.3 Å². The maximum Gasteiger partial charge on any atom is 0.325 e. The van der Waals surface area contributed by atoms with Gasteiger partial charge in [0.2, 0.25) is 5.91 Å². The third kappa shape index (κ3) is 6.24. The highest BCUT2D eigenvalue weighted by molar-refractivity contribution is 7.09. The number of nitrogens with zero attached hydrogens (tertiary/aromatic N) is 3. The van der Waals surface area contributed by atoms with Crippen LogP contribution < -0.4 is 26.6 Å². The first-order valence-corrected chi connectivity index (χ1v) is 12.2. The molecule has 3 rings (SSSR count). The van der Waals surface area contributed by atoms with Crippen molar-refractivity contribution in [3.05, 3.63) is 70.5 Å². The quantitative estimate of drug-likeness (QED) is 0.328. The molecule has 0 radical (unpaired) electrons. The van der Waals surface area contributed by atoms with Crippen LogP contribution in [0, 0.1) is 5.82 Å². The molecule has 38 heavy (non-hydrogen) atoms. The van der Waals surface area contributed by atoms with Gasteiger partial charge in [-0.1, -0.05) is 12.1 Å². The lowest BCUT2D eigenvalue weighted by Crippen LogP contribution is -2.45. The minimum Gasteiger partial charge on any atom is -0.465 e. The minimum absolute atomic E-state index is 0.122. The van der Waals surface area contributed by atoms with Crippen LogP contribution in [0.4, 0.5) is 21.5 Å². The molecule has 0 bridgehead atoms. The Morgan fingerprint density at radius 2 is 1.66 bits per heavy atom. The third-order valence-electron chi connectivity index (χ3n) is 5.42. The standard InChI is InChI=1S/C25H27FN6O5S/c1-4-37-18(33)13-29-24(35)21(14-5-9-16(10-6-14)31(2)3)32(17-11-7-15(26)8-12-17)25(36)22-19(27)20(23(28)34)30-38-22/h5-12,21H,4,13,27H2,1-3H3,(H2,28,34)(H,29,35)/t21-/m1/s1. The van der Waals surface area contributed by atoms with E-state index in [0.29, 0.717) is 17.1 Å². The van der Waals surface area contributed by atoms with E-state index in [4.69, 9.17) is 16.2 Å². The summed E-state index contributed by atoms with van der Waals surface area (Å²) in [5.41, 5.74) is 12.2. The zero-order chi connectivity index (χ0) is 28.0. The summed E-state index contributed by atoms with van der Waals surface area (Å²) in [6.07, 6.45) is 0. The Labute approximate surface area is 222 Å². The molecular formula is C25H27FN6O5S. The predicted molar refractivity (Wildman–Crippen MR) is 141 cm³/mol. The van der Waals surface area contributed by atoms with Crippen LogP contribution in [0.2, 0.25) is 0 Å². The number of nitrogens with one attached hydrogen (secondary N) is 1. The molecule has 0 spiro atoms. The SMILES string of the molecule is CCOC(=O)CNC(=O)[C@@H](c1ccc(N(C)C)cc1)N(C(=O)c1snc(C(N)=O)c1N)c1ccc(F)cc1. The summed E-state index contributed by atoms with van der Waals surface area (Å²) in [5.74, 6) is -3.65. The third-order valence-corrected chi connectivity index (χ3v) is 6.27. The lowest BCUT2D eigenvalue weighted by Gasteiger charge is -2.31. The van der Waals surface area contributed by atoms with Gasteiger partial charge in [-0.3, -0.25) is 24.1 Å². The number of aromatic nitrogens is 1. The van der Waals surface area contributed by atoms with E-state index in [2.05, 4.69) is 9.69 Å². The number of carbonyl (C=O) groups excluding carboxylic acids is 4. The summed E-state index contributed by atoms with van der Waals surface area (Å²) >= 11 is 0.641. The Bertz CT molecular complexity index is 1330. The lowest BCUT2D eigenvalue weighted by molar-refractivity contribution is -0.143. The highest BCUT2D eigenvalue weighted by atomic mass is 32.1. The zero-order valence-corrected chi connectivity index (χ0v) is 21.8. The summed E-state index contributed by atoms with van der Waals surface area (Å²) in [7, 11) is 3.69. The number of hydrogen-bond donors (Lipinski definition) is 3. The number of nitrogens with two attached hydrogens (primary N) is 2. The summed E-state index contributed by atoms with van der Waals surface area (Å²) in [5, 5.41) is 2.50. The summed E-state index contributed by atoms with van der Waals surface area (Å²) in [4.78, 5) is 53.9. The number of esters is 1. The fourth-order valence-electron chi connectivity index (χ4n) is 3.56. The minimum atomic E-state index is -1.34. The van der Waals surface area contributed by atoms with Gasteiger partial charge in [-0.2, -0.15) is 4.37 Å². The first-order valence-electron chi connectivity index (χ1n) is 11.4. The number of rotatable bonds is 10. The summed E-state index contributed by atoms with van der Waals surface area (Å²) < 4.78 is 22.6. The van der Waals surface area contributed by atoms with Gasteiger partial charge in [0.15, 0.2) is 5.69 Å². The van der Waals surface area contributed by atoms with Crippen molar-refractivity contribution in [1.29, 1.82) is 0 Å². The molecular weight excluding hydrogens is 515 g/mol. The van der Waals surface area contributed by atoms with Crippen molar-refractivity contribution in [3.8, 4) is 0 Å². The Morgan fingerprint density at radius 1 is 1.05 bits per heavy atom. The van der Waals surface area contributed by atoms with E-state index in [1.165, 1.54) is 12.1 Å². The van der Waals surface area contributed by atoms with Crippen LogP contribution in [0.1, 0.15) is 38.7 Å². The average molecular weight is 543 g/mol. The van der Waals surface area contributed by atoms with Crippen molar-refractivity contribution in [2.24, 2.45) is 5.73 Å².